The van der Waals surface area contributed by atoms with Crippen LogP contribution >= 0.6 is 15.9 Å². The quantitative estimate of drug-likeness (QED) is 0.810. The van der Waals surface area contributed by atoms with Crippen LogP contribution in [0.5, 0.6) is 0 Å². The molecule has 5 heteroatoms. The maximum Gasteiger partial charge on any atom is 0.266 e. The first kappa shape index (κ1) is 11.3. The molecule has 2 rings (SSSR count). The molecule has 0 N–H and O–H groups in total. The SMILES string of the molecule is CCC(Br)c1nnc(-c2cccc(C)n2)o1. The number of rotatable bonds is 3. The van der Waals surface area contributed by atoms with Gasteiger partial charge in [0, 0.05) is 5.69 Å². The van der Waals surface area contributed by atoms with Crippen molar-refractivity contribution in [3.05, 3.63) is 29.8 Å². The fourth-order valence-corrected chi connectivity index (χ4v) is 1.49. The van der Waals surface area contributed by atoms with Crippen molar-refractivity contribution in [2.45, 2.75) is 25.1 Å². The van der Waals surface area contributed by atoms with Gasteiger partial charge in [0.25, 0.3) is 5.89 Å². The van der Waals surface area contributed by atoms with Gasteiger partial charge < -0.3 is 4.42 Å². The fourth-order valence-electron chi connectivity index (χ4n) is 1.30. The van der Waals surface area contributed by atoms with Crippen molar-refractivity contribution in [3.8, 4) is 11.6 Å². The molecule has 0 saturated heterocycles. The van der Waals surface area contributed by atoms with E-state index >= 15 is 0 Å². The minimum absolute atomic E-state index is 0.110. The number of halogens is 1. The Morgan fingerprint density at radius 1 is 1.38 bits per heavy atom. The molecule has 0 saturated carbocycles. The highest BCUT2D eigenvalue weighted by molar-refractivity contribution is 9.09. The van der Waals surface area contributed by atoms with E-state index in [4.69, 9.17) is 4.42 Å². The van der Waals surface area contributed by atoms with Crippen LogP contribution in [-0.2, 0) is 0 Å². The monoisotopic (exact) mass is 281 g/mol. The van der Waals surface area contributed by atoms with E-state index in [2.05, 4.69) is 31.1 Å². The molecule has 0 aliphatic rings. The number of hydrogen-bond acceptors (Lipinski definition) is 4. The summed E-state index contributed by atoms with van der Waals surface area (Å²) in [6.45, 7) is 3.98. The van der Waals surface area contributed by atoms with Crippen molar-refractivity contribution >= 4 is 15.9 Å². The number of hydrogen-bond donors (Lipinski definition) is 0. The van der Waals surface area contributed by atoms with Crippen LogP contribution in [0.4, 0.5) is 0 Å². The highest BCUT2D eigenvalue weighted by atomic mass is 79.9. The first-order chi connectivity index (χ1) is 7.70. The predicted molar refractivity (Wildman–Crippen MR) is 64.2 cm³/mol. The molecule has 0 radical (unpaired) electrons. The van der Waals surface area contributed by atoms with Crippen LogP contribution in [0.1, 0.15) is 29.8 Å². The Hall–Kier alpha value is -1.23. The van der Waals surface area contributed by atoms with Crippen molar-refractivity contribution in [2.75, 3.05) is 0 Å². The molecule has 0 aliphatic heterocycles. The lowest BCUT2D eigenvalue weighted by Crippen LogP contribution is -1.86. The zero-order chi connectivity index (χ0) is 11.5. The molecule has 0 spiro atoms. The van der Waals surface area contributed by atoms with Gasteiger partial charge in [-0.3, -0.25) is 0 Å². The molecule has 0 bridgehead atoms. The second-order valence-corrected chi connectivity index (χ2v) is 4.59. The summed E-state index contributed by atoms with van der Waals surface area (Å²) in [5.41, 5.74) is 1.65. The molecule has 4 nitrogen and oxygen atoms in total. The van der Waals surface area contributed by atoms with Crippen molar-refractivity contribution in [1.82, 2.24) is 15.2 Å². The van der Waals surface area contributed by atoms with E-state index in [1.165, 1.54) is 0 Å². The smallest absolute Gasteiger partial charge is 0.266 e. The Bertz CT molecular complexity index is 484. The van der Waals surface area contributed by atoms with Gasteiger partial charge in [-0.2, -0.15) is 0 Å². The van der Waals surface area contributed by atoms with E-state index in [0.29, 0.717) is 11.8 Å². The van der Waals surface area contributed by atoms with Crippen molar-refractivity contribution in [3.63, 3.8) is 0 Å². The largest absolute Gasteiger partial charge is 0.418 e. The summed E-state index contributed by atoms with van der Waals surface area (Å²) in [5.74, 6) is 1.07. The van der Waals surface area contributed by atoms with Crippen LogP contribution < -0.4 is 0 Å². The molecule has 0 fully saturated rings. The topological polar surface area (TPSA) is 51.8 Å². The Morgan fingerprint density at radius 2 is 2.19 bits per heavy atom. The van der Waals surface area contributed by atoms with Gasteiger partial charge in [0.05, 0.1) is 4.83 Å². The molecule has 0 aromatic carbocycles. The first-order valence-electron chi connectivity index (χ1n) is 5.12. The average Bonchev–Trinajstić information content (AvgIpc) is 2.77. The summed E-state index contributed by atoms with van der Waals surface area (Å²) >= 11 is 3.47. The van der Waals surface area contributed by atoms with Gasteiger partial charge in [0.2, 0.25) is 5.89 Å². The van der Waals surface area contributed by atoms with Gasteiger partial charge >= 0.3 is 0 Å². The van der Waals surface area contributed by atoms with Crippen LogP contribution in [0.15, 0.2) is 22.6 Å². The Kier molecular flexibility index (Phi) is 3.33. The van der Waals surface area contributed by atoms with Gasteiger partial charge in [0.15, 0.2) is 0 Å². The van der Waals surface area contributed by atoms with Gasteiger partial charge in [-0.25, -0.2) is 4.98 Å². The predicted octanol–water partition coefficient (Wildman–Crippen LogP) is 3.29. The highest BCUT2D eigenvalue weighted by Crippen LogP contribution is 2.26. The molecule has 2 aromatic rings. The zero-order valence-corrected chi connectivity index (χ0v) is 10.7. The molecule has 2 heterocycles. The lowest BCUT2D eigenvalue weighted by atomic mass is 10.3. The lowest BCUT2D eigenvalue weighted by Gasteiger charge is -1.98. The van der Waals surface area contributed by atoms with Gasteiger partial charge in [-0.1, -0.05) is 28.9 Å². The average molecular weight is 282 g/mol. The summed E-state index contributed by atoms with van der Waals surface area (Å²) in [6, 6.07) is 5.71. The summed E-state index contributed by atoms with van der Waals surface area (Å²) in [4.78, 5) is 4.44. The van der Waals surface area contributed by atoms with Crippen molar-refractivity contribution in [1.29, 1.82) is 0 Å². The molecule has 0 amide bonds. The van der Waals surface area contributed by atoms with Gasteiger partial charge in [-0.15, -0.1) is 10.2 Å². The van der Waals surface area contributed by atoms with E-state index in [0.717, 1.165) is 17.8 Å². The maximum atomic E-state index is 5.55. The van der Waals surface area contributed by atoms with Crippen LogP contribution in [0.3, 0.4) is 0 Å². The maximum absolute atomic E-state index is 5.55. The van der Waals surface area contributed by atoms with E-state index < -0.39 is 0 Å². The van der Waals surface area contributed by atoms with Crippen molar-refractivity contribution < 1.29 is 4.42 Å². The molecule has 84 valence electrons. The summed E-state index contributed by atoms with van der Waals surface area (Å²) in [7, 11) is 0. The molecular weight excluding hydrogens is 270 g/mol. The molecular formula is C11H12BrN3O. The van der Waals surface area contributed by atoms with Crippen LogP contribution in [-0.4, -0.2) is 15.2 Å². The normalized spacial score (nSPS) is 12.7. The summed E-state index contributed by atoms with van der Waals surface area (Å²) < 4.78 is 5.55. The third-order valence-corrected chi connectivity index (χ3v) is 3.21. The standard InChI is InChI=1S/C11H12BrN3O/c1-3-8(12)10-14-15-11(16-10)9-6-4-5-7(2)13-9/h4-6,8H,3H2,1-2H3. The molecule has 2 aromatic heterocycles. The van der Waals surface area contributed by atoms with E-state index in [1.54, 1.807) is 0 Å². The van der Waals surface area contributed by atoms with E-state index in [9.17, 15) is 0 Å². The molecule has 0 aliphatic carbocycles. The van der Waals surface area contributed by atoms with Crippen LogP contribution in [0.2, 0.25) is 0 Å². The fraction of sp³-hybridized carbons (Fsp3) is 0.364. The van der Waals surface area contributed by atoms with Crippen LogP contribution in [0, 0.1) is 6.92 Å². The second-order valence-electron chi connectivity index (χ2n) is 3.49. The summed E-state index contributed by atoms with van der Waals surface area (Å²) in [5, 5.41) is 7.98. The minimum atomic E-state index is 0.110. The molecule has 1 atom stereocenters. The second kappa shape index (κ2) is 4.74. The lowest BCUT2D eigenvalue weighted by molar-refractivity contribution is 0.499. The Morgan fingerprint density at radius 3 is 2.88 bits per heavy atom. The number of pyridine rings is 1. The Labute approximate surface area is 102 Å². The summed E-state index contributed by atoms with van der Waals surface area (Å²) in [6.07, 6.45) is 0.906. The number of aryl methyl sites for hydroxylation is 1. The zero-order valence-electron chi connectivity index (χ0n) is 9.14. The van der Waals surface area contributed by atoms with Gasteiger partial charge in [-0.05, 0) is 25.5 Å². The van der Waals surface area contributed by atoms with E-state index in [-0.39, 0.29) is 4.83 Å². The molecule has 16 heavy (non-hydrogen) atoms. The third-order valence-electron chi connectivity index (χ3n) is 2.17. The van der Waals surface area contributed by atoms with E-state index in [1.807, 2.05) is 32.0 Å². The van der Waals surface area contributed by atoms with Crippen molar-refractivity contribution in [2.24, 2.45) is 0 Å². The highest BCUT2D eigenvalue weighted by Gasteiger charge is 2.15. The Balaban J connectivity index is 2.31. The third kappa shape index (κ3) is 2.29. The number of alkyl halides is 1. The van der Waals surface area contributed by atoms with Crippen LogP contribution in [0.25, 0.3) is 11.6 Å². The minimum Gasteiger partial charge on any atom is -0.418 e. The number of aromatic nitrogens is 3. The first-order valence-corrected chi connectivity index (χ1v) is 6.03. The number of nitrogens with zero attached hydrogens (tertiary/aromatic N) is 3. The molecule has 1 unspecified atom stereocenters. The van der Waals surface area contributed by atoms with Gasteiger partial charge in [0.1, 0.15) is 5.69 Å².